The smallest absolute Gasteiger partial charge is 0.0739 e. The molecule has 2 saturated carbocycles. The summed E-state index contributed by atoms with van der Waals surface area (Å²) in [6, 6.07) is 0. The van der Waals surface area contributed by atoms with Crippen molar-refractivity contribution in [2.24, 2.45) is 5.41 Å². The monoisotopic (exact) mass is 194 g/mol. The molecular weight excluding hydrogens is 172 g/mol. The molecule has 3 fully saturated rings. The van der Waals surface area contributed by atoms with Crippen LogP contribution in [-0.4, -0.2) is 12.2 Å². The van der Waals surface area contributed by atoms with E-state index >= 15 is 0 Å². The SMILES string of the molecule is C1CCC23CCCCC2(CC1)OCC3. The van der Waals surface area contributed by atoms with Gasteiger partial charge in [-0.25, -0.2) is 0 Å². The van der Waals surface area contributed by atoms with Crippen LogP contribution in [0.25, 0.3) is 0 Å². The third-order valence-electron chi connectivity index (χ3n) is 5.15. The molecule has 3 rings (SSSR count). The minimum atomic E-state index is 0.349. The zero-order valence-corrected chi connectivity index (χ0v) is 9.19. The van der Waals surface area contributed by atoms with Gasteiger partial charge in [0, 0.05) is 12.0 Å². The van der Waals surface area contributed by atoms with Crippen molar-refractivity contribution in [3.8, 4) is 0 Å². The van der Waals surface area contributed by atoms with Gasteiger partial charge < -0.3 is 4.74 Å². The van der Waals surface area contributed by atoms with E-state index in [2.05, 4.69) is 0 Å². The van der Waals surface area contributed by atoms with Crippen molar-refractivity contribution in [2.45, 2.75) is 69.8 Å². The Morgan fingerprint density at radius 3 is 2.14 bits per heavy atom. The van der Waals surface area contributed by atoms with E-state index in [1.54, 1.807) is 0 Å². The first-order chi connectivity index (χ1) is 6.87. The van der Waals surface area contributed by atoms with Crippen LogP contribution in [0.2, 0.25) is 0 Å². The van der Waals surface area contributed by atoms with Crippen LogP contribution in [0.3, 0.4) is 0 Å². The van der Waals surface area contributed by atoms with Gasteiger partial charge in [-0.3, -0.25) is 0 Å². The van der Waals surface area contributed by atoms with Crippen molar-refractivity contribution in [3.05, 3.63) is 0 Å². The fraction of sp³-hybridized carbons (Fsp3) is 1.00. The molecule has 1 nitrogen and oxygen atoms in total. The summed E-state index contributed by atoms with van der Waals surface area (Å²) in [4.78, 5) is 0. The van der Waals surface area contributed by atoms with Crippen molar-refractivity contribution >= 4 is 0 Å². The molecule has 0 aromatic heterocycles. The van der Waals surface area contributed by atoms with Crippen LogP contribution in [0.5, 0.6) is 0 Å². The fourth-order valence-electron chi connectivity index (χ4n) is 4.38. The molecule has 0 aromatic rings. The summed E-state index contributed by atoms with van der Waals surface area (Å²) in [6.45, 7) is 1.06. The molecule has 3 aliphatic rings. The summed E-state index contributed by atoms with van der Waals surface area (Å²) in [6.07, 6.45) is 14.2. The highest BCUT2D eigenvalue weighted by Gasteiger charge is 2.56. The van der Waals surface area contributed by atoms with Gasteiger partial charge in [-0.1, -0.05) is 32.1 Å². The predicted molar refractivity (Wildman–Crippen MR) is 57.3 cm³/mol. The van der Waals surface area contributed by atoms with E-state index < -0.39 is 0 Å². The minimum Gasteiger partial charge on any atom is -0.374 e. The lowest BCUT2D eigenvalue weighted by Gasteiger charge is -2.47. The van der Waals surface area contributed by atoms with E-state index in [4.69, 9.17) is 4.74 Å². The van der Waals surface area contributed by atoms with Crippen molar-refractivity contribution < 1.29 is 4.74 Å². The first kappa shape index (κ1) is 9.21. The molecule has 14 heavy (non-hydrogen) atoms. The van der Waals surface area contributed by atoms with Gasteiger partial charge in [0.2, 0.25) is 0 Å². The number of rotatable bonds is 0. The fourth-order valence-corrected chi connectivity index (χ4v) is 4.38. The molecule has 0 N–H and O–H groups in total. The summed E-state index contributed by atoms with van der Waals surface area (Å²) < 4.78 is 6.22. The lowest BCUT2D eigenvalue weighted by atomic mass is 9.60. The van der Waals surface area contributed by atoms with Crippen LogP contribution in [-0.2, 0) is 4.74 Å². The third-order valence-corrected chi connectivity index (χ3v) is 5.15. The highest BCUT2D eigenvalue weighted by molar-refractivity contribution is 5.06. The molecule has 1 heteroatoms. The van der Waals surface area contributed by atoms with Gasteiger partial charge in [0.25, 0.3) is 0 Å². The summed E-state index contributed by atoms with van der Waals surface area (Å²) in [7, 11) is 0. The zero-order valence-electron chi connectivity index (χ0n) is 9.19. The highest BCUT2D eigenvalue weighted by Crippen LogP contribution is 2.59. The average molecular weight is 194 g/mol. The van der Waals surface area contributed by atoms with E-state index in [-0.39, 0.29) is 0 Å². The molecule has 0 spiro atoms. The summed E-state index contributed by atoms with van der Waals surface area (Å²) >= 11 is 0. The van der Waals surface area contributed by atoms with Crippen molar-refractivity contribution in [1.29, 1.82) is 0 Å². The van der Waals surface area contributed by atoms with Crippen molar-refractivity contribution in [1.82, 2.24) is 0 Å². The normalized spacial score (nSPS) is 48.0. The third kappa shape index (κ3) is 1.11. The van der Waals surface area contributed by atoms with Gasteiger partial charge >= 0.3 is 0 Å². The molecule has 1 aliphatic heterocycles. The lowest BCUT2D eigenvalue weighted by Crippen LogP contribution is -2.46. The van der Waals surface area contributed by atoms with Gasteiger partial charge in [-0.15, -0.1) is 0 Å². The summed E-state index contributed by atoms with van der Waals surface area (Å²) in [5.41, 5.74) is 0.976. The Hall–Kier alpha value is -0.0400. The molecule has 2 atom stereocenters. The van der Waals surface area contributed by atoms with Crippen LogP contribution in [0, 0.1) is 5.41 Å². The minimum absolute atomic E-state index is 0.349. The Labute approximate surface area is 87.2 Å². The van der Waals surface area contributed by atoms with E-state index in [0.29, 0.717) is 11.0 Å². The summed E-state index contributed by atoms with van der Waals surface area (Å²) in [5.74, 6) is 0. The molecule has 1 heterocycles. The molecule has 0 radical (unpaired) electrons. The Kier molecular flexibility index (Phi) is 2.12. The van der Waals surface area contributed by atoms with Gasteiger partial charge in [0.05, 0.1) is 5.60 Å². The van der Waals surface area contributed by atoms with Crippen molar-refractivity contribution in [2.75, 3.05) is 6.61 Å². The Morgan fingerprint density at radius 2 is 1.29 bits per heavy atom. The molecule has 0 bridgehead atoms. The van der Waals surface area contributed by atoms with Crippen LogP contribution in [0.15, 0.2) is 0 Å². The first-order valence-corrected chi connectivity index (χ1v) is 6.51. The van der Waals surface area contributed by atoms with Crippen LogP contribution in [0.1, 0.15) is 64.2 Å². The maximum absolute atomic E-state index is 6.22. The van der Waals surface area contributed by atoms with E-state index in [1.807, 2.05) is 0 Å². The zero-order chi connectivity index (χ0) is 9.49. The largest absolute Gasteiger partial charge is 0.374 e. The highest BCUT2D eigenvalue weighted by atomic mass is 16.5. The van der Waals surface area contributed by atoms with Crippen LogP contribution >= 0.6 is 0 Å². The van der Waals surface area contributed by atoms with E-state index in [1.165, 1.54) is 64.2 Å². The summed E-state index contributed by atoms with van der Waals surface area (Å²) in [5, 5.41) is 0. The quantitative estimate of drug-likeness (QED) is 0.571. The van der Waals surface area contributed by atoms with Crippen LogP contribution < -0.4 is 0 Å². The maximum Gasteiger partial charge on any atom is 0.0739 e. The van der Waals surface area contributed by atoms with Gasteiger partial charge in [-0.05, 0) is 32.1 Å². The molecule has 2 aliphatic carbocycles. The topological polar surface area (TPSA) is 9.23 Å². The second kappa shape index (κ2) is 3.23. The number of hydrogen-bond donors (Lipinski definition) is 0. The Balaban J connectivity index is 1.95. The first-order valence-electron chi connectivity index (χ1n) is 6.51. The van der Waals surface area contributed by atoms with Crippen LogP contribution in [0.4, 0.5) is 0 Å². The second-order valence-corrected chi connectivity index (χ2v) is 5.64. The van der Waals surface area contributed by atoms with Gasteiger partial charge in [-0.2, -0.15) is 0 Å². The lowest BCUT2D eigenvalue weighted by molar-refractivity contribution is -0.0954. The molecule has 80 valence electrons. The Bertz CT molecular complexity index is 203. The molecule has 0 amide bonds. The average Bonchev–Trinajstić information content (AvgIpc) is 2.47. The number of hydrogen-bond acceptors (Lipinski definition) is 1. The number of ether oxygens (including phenoxy) is 1. The van der Waals surface area contributed by atoms with Gasteiger partial charge in [0.1, 0.15) is 0 Å². The molecule has 0 aromatic carbocycles. The standard InChI is InChI=1S/C13H22O/c1-2-6-12-7-4-5-9-13(12,8-3-1)14-11-10-12/h1-11H2. The van der Waals surface area contributed by atoms with E-state index in [0.717, 1.165) is 6.61 Å². The van der Waals surface area contributed by atoms with Crippen molar-refractivity contribution in [3.63, 3.8) is 0 Å². The molecule has 1 saturated heterocycles. The Morgan fingerprint density at radius 1 is 0.643 bits per heavy atom. The van der Waals surface area contributed by atoms with Gasteiger partial charge in [0.15, 0.2) is 0 Å². The second-order valence-electron chi connectivity index (χ2n) is 5.64. The van der Waals surface area contributed by atoms with E-state index in [9.17, 15) is 0 Å². The molecule has 2 unspecified atom stereocenters. The predicted octanol–water partition coefficient (Wildman–Crippen LogP) is 3.67. The molecular formula is C13H22O. The maximum atomic E-state index is 6.22.